The Hall–Kier alpha value is -1.00. The van der Waals surface area contributed by atoms with Gasteiger partial charge >= 0.3 is 0 Å². The molecule has 0 aliphatic carbocycles. The number of benzene rings is 1. The van der Waals surface area contributed by atoms with Crippen LogP contribution in [0.1, 0.15) is 11.3 Å². The lowest BCUT2D eigenvalue weighted by Crippen LogP contribution is -1.95. The number of hydrogen-bond acceptors (Lipinski definition) is 2. The third-order valence-electron chi connectivity index (χ3n) is 3.01. The van der Waals surface area contributed by atoms with Crippen LogP contribution >= 0.6 is 31.9 Å². The zero-order valence-electron chi connectivity index (χ0n) is 9.53. The molecule has 0 aliphatic rings. The van der Waals surface area contributed by atoms with Crippen molar-refractivity contribution in [3.05, 3.63) is 47.8 Å². The zero-order valence-corrected chi connectivity index (χ0v) is 12.7. The van der Waals surface area contributed by atoms with Gasteiger partial charge in [0.15, 0.2) is 0 Å². The first-order valence-electron chi connectivity index (χ1n) is 5.61. The van der Waals surface area contributed by atoms with Gasteiger partial charge in [0.05, 0.1) is 16.7 Å². The van der Waals surface area contributed by atoms with Gasteiger partial charge in [-0.1, -0.05) is 37.9 Å². The van der Waals surface area contributed by atoms with Crippen LogP contribution in [0, 0.1) is 0 Å². The van der Waals surface area contributed by atoms with Crippen molar-refractivity contribution in [2.75, 3.05) is 0 Å². The predicted octanol–water partition coefficient (Wildman–Crippen LogP) is 4.57. The Bertz CT molecular complexity index is 725. The van der Waals surface area contributed by atoms with Gasteiger partial charge in [-0.05, 0) is 29.8 Å². The van der Waals surface area contributed by atoms with Gasteiger partial charge in [-0.3, -0.25) is 9.97 Å². The molecule has 0 bridgehead atoms. The molecule has 0 unspecified atom stereocenters. The van der Waals surface area contributed by atoms with Crippen molar-refractivity contribution in [1.29, 1.82) is 0 Å². The van der Waals surface area contributed by atoms with Crippen LogP contribution in [0.4, 0.5) is 0 Å². The molecule has 0 amide bonds. The molecule has 3 aromatic rings. The van der Waals surface area contributed by atoms with Gasteiger partial charge < -0.3 is 0 Å². The molecule has 18 heavy (non-hydrogen) atoms. The maximum Gasteiger partial charge on any atom is 0.0799 e. The lowest BCUT2D eigenvalue weighted by Gasteiger charge is -2.08. The van der Waals surface area contributed by atoms with Crippen LogP contribution in [-0.2, 0) is 10.7 Å². The molecule has 0 spiro atoms. The fourth-order valence-corrected chi connectivity index (χ4v) is 3.08. The van der Waals surface area contributed by atoms with Crippen LogP contribution in [0.15, 0.2) is 36.5 Å². The van der Waals surface area contributed by atoms with E-state index < -0.39 is 0 Å². The maximum absolute atomic E-state index is 4.78. The minimum atomic E-state index is 0.764. The first kappa shape index (κ1) is 12.1. The van der Waals surface area contributed by atoms with Crippen LogP contribution in [-0.4, -0.2) is 9.97 Å². The van der Waals surface area contributed by atoms with Crippen molar-refractivity contribution in [3.63, 3.8) is 0 Å². The SMILES string of the molecule is BrCc1cc2ccc3ncccc3c2nc1CBr. The Morgan fingerprint density at radius 2 is 1.94 bits per heavy atom. The highest BCUT2D eigenvalue weighted by Gasteiger charge is 2.08. The summed E-state index contributed by atoms with van der Waals surface area (Å²) in [7, 11) is 0. The second-order valence-corrected chi connectivity index (χ2v) is 5.19. The van der Waals surface area contributed by atoms with E-state index in [0.29, 0.717) is 0 Å². The second-order valence-electron chi connectivity index (χ2n) is 4.07. The van der Waals surface area contributed by atoms with E-state index in [4.69, 9.17) is 4.98 Å². The van der Waals surface area contributed by atoms with Crippen molar-refractivity contribution < 1.29 is 0 Å². The van der Waals surface area contributed by atoms with Crippen molar-refractivity contribution in [2.45, 2.75) is 10.7 Å². The van der Waals surface area contributed by atoms with Gasteiger partial charge in [-0.2, -0.15) is 0 Å². The number of hydrogen-bond donors (Lipinski definition) is 0. The largest absolute Gasteiger partial charge is 0.256 e. The molecule has 3 rings (SSSR count). The van der Waals surface area contributed by atoms with E-state index in [1.165, 1.54) is 5.56 Å². The van der Waals surface area contributed by atoms with Crippen molar-refractivity contribution in [3.8, 4) is 0 Å². The number of aromatic nitrogens is 2. The molecule has 1 aromatic carbocycles. The Labute approximate surface area is 122 Å². The van der Waals surface area contributed by atoms with Gasteiger partial charge in [-0.15, -0.1) is 0 Å². The van der Waals surface area contributed by atoms with E-state index in [2.05, 4.69) is 55.0 Å². The van der Waals surface area contributed by atoms with Gasteiger partial charge in [0, 0.05) is 27.6 Å². The normalized spacial score (nSPS) is 11.2. The molecule has 0 aliphatic heterocycles. The van der Waals surface area contributed by atoms with E-state index in [0.717, 1.165) is 38.2 Å². The first-order valence-corrected chi connectivity index (χ1v) is 7.86. The maximum atomic E-state index is 4.78. The Morgan fingerprint density at radius 3 is 2.72 bits per heavy atom. The predicted molar refractivity (Wildman–Crippen MR) is 82.3 cm³/mol. The van der Waals surface area contributed by atoms with Crippen molar-refractivity contribution in [2.24, 2.45) is 0 Å². The molecule has 2 heterocycles. The summed E-state index contributed by atoms with van der Waals surface area (Å²) in [4.78, 5) is 9.14. The number of alkyl halides is 2. The average molecular weight is 366 g/mol. The van der Waals surface area contributed by atoms with Gasteiger partial charge in [0.2, 0.25) is 0 Å². The summed E-state index contributed by atoms with van der Waals surface area (Å²) in [6.07, 6.45) is 1.81. The van der Waals surface area contributed by atoms with Crippen molar-refractivity contribution in [1.82, 2.24) is 9.97 Å². The lowest BCUT2D eigenvalue weighted by molar-refractivity contribution is 1.17. The summed E-state index contributed by atoms with van der Waals surface area (Å²) in [6.45, 7) is 0. The summed E-state index contributed by atoms with van der Waals surface area (Å²) < 4.78 is 0. The summed E-state index contributed by atoms with van der Waals surface area (Å²) in [5.41, 5.74) is 4.32. The Balaban J connectivity index is 2.43. The second kappa shape index (κ2) is 4.94. The molecule has 2 nitrogen and oxygen atoms in total. The molecule has 0 saturated heterocycles. The summed E-state index contributed by atoms with van der Waals surface area (Å²) in [6, 6.07) is 10.4. The molecule has 0 saturated carbocycles. The van der Waals surface area contributed by atoms with Crippen LogP contribution in [0.25, 0.3) is 21.8 Å². The van der Waals surface area contributed by atoms with E-state index in [9.17, 15) is 0 Å². The molecule has 0 radical (unpaired) electrons. The van der Waals surface area contributed by atoms with Gasteiger partial charge in [0.1, 0.15) is 0 Å². The summed E-state index contributed by atoms with van der Waals surface area (Å²) >= 11 is 7.01. The Morgan fingerprint density at radius 1 is 1.06 bits per heavy atom. The molecule has 0 atom stereocenters. The molecular formula is C14H10Br2N2. The third kappa shape index (κ3) is 1.93. The average Bonchev–Trinajstić information content (AvgIpc) is 2.45. The molecule has 0 N–H and O–H groups in total. The topological polar surface area (TPSA) is 25.8 Å². The minimum Gasteiger partial charge on any atom is -0.256 e. The van der Waals surface area contributed by atoms with Crippen molar-refractivity contribution >= 4 is 53.7 Å². The number of fused-ring (bicyclic) bond motifs is 3. The van der Waals surface area contributed by atoms with Crippen LogP contribution in [0.2, 0.25) is 0 Å². The monoisotopic (exact) mass is 364 g/mol. The van der Waals surface area contributed by atoms with Gasteiger partial charge in [-0.25, -0.2) is 0 Å². The number of pyridine rings is 2. The minimum absolute atomic E-state index is 0.764. The third-order valence-corrected chi connectivity index (χ3v) is 4.14. The number of rotatable bonds is 2. The van der Waals surface area contributed by atoms with E-state index in [1.807, 2.05) is 18.3 Å². The van der Waals surface area contributed by atoms with E-state index in [1.54, 1.807) is 0 Å². The number of halogens is 2. The van der Waals surface area contributed by atoms with Gasteiger partial charge in [0.25, 0.3) is 0 Å². The zero-order chi connectivity index (χ0) is 12.5. The van der Waals surface area contributed by atoms with E-state index >= 15 is 0 Å². The molecule has 0 fully saturated rings. The quantitative estimate of drug-likeness (QED) is 0.491. The smallest absolute Gasteiger partial charge is 0.0799 e. The molecule has 4 heteroatoms. The summed E-state index contributed by atoms with van der Waals surface area (Å²) in [5, 5.41) is 3.86. The Kier molecular flexibility index (Phi) is 3.31. The van der Waals surface area contributed by atoms with Crippen LogP contribution in [0.3, 0.4) is 0 Å². The highest BCUT2D eigenvalue weighted by molar-refractivity contribution is 9.09. The first-order chi connectivity index (χ1) is 8.83. The number of nitrogens with zero attached hydrogens (tertiary/aromatic N) is 2. The lowest BCUT2D eigenvalue weighted by atomic mass is 10.1. The van der Waals surface area contributed by atoms with Crippen LogP contribution < -0.4 is 0 Å². The van der Waals surface area contributed by atoms with E-state index in [-0.39, 0.29) is 0 Å². The van der Waals surface area contributed by atoms with Crippen LogP contribution in [0.5, 0.6) is 0 Å². The standard InChI is InChI=1S/C14H10Br2N2/c15-7-10-6-9-3-4-12-11(2-1-5-17-12)14(9)18-13(10)8-16/h1-6H,7-8H2. The summed E-state index contributed by atoms with van der Waals surface area (Å²) in [5.74, 6) is 0. The fourth-order valence-electron chi connectivity index (χ4n) is 2.10. The fraction of sp³-hybridized carbons (Fsp3) is 0.143. The molecule has 2 aromatic heterocycles. The highest BCUT2D eigenvalue weighted by Crippen LogP contribution is 2.26. The highest BCUT2D eigenvalue weighted by atomic mass is 79.9. The molecule has 90 valence electrons. The molecular weight excluding hydrogens is 356 g/mol.